The number of nitrogens with one attached hydrogen (secondary N) is 1. The number of benzene rings is 2. The molecule has 0 unspecified atom stereocenters. The van der Waals surface area contributed by atoms with E-state index < -0.39 is 0 Å². The average molecular weight is 415 g/mol. The zero-order valence-corrected chi connectivity index (χ0v) is 17.8. The molecule has 2 aromatic heterocycles. The van der Waals surface area contributed by atoms with Gasteiger partial charge in [-0.05, 0) is 38.1 Å². The molecular formula is C24H26N6O. The third kappa shape index (κ3) is 3.96. The van der Waals surface area contributed by atoms with Crippen LogP contribution in [-0.4, -0.2) is 45.8 Å². The Balaban J connectivity index is 1.51. The maximum Gasteiger partial charge on any atom is 0.166 e. The third-order valence-corrected chi connectivity index (χ3v) is 5.52. The fourth-order valence-electron chi connectivity index (χ4n) is 3.81. The van der Waals surface area contributed by atoms with E-state index in [0.717, 1.165) is 48.7 Å². The van der Waals surface area contributed by atoms with Crippen molar-refractivity contribution in [3.05, 3.63) is 60.9 Å². The van der Waals surface area contributed by atoms with Crippen molar-refractivity contribution in [2.24, 2.45) is 0 Å². The van der Waals surface area contributed by atoms with E-state index in [1.165, 1.54) is 5.69 Å². The Kier molecular flexibility index (Phi) is 5.26. The lowest BCUT2D eigenvalue weighted by atomic mass is 10.2. The van der Waals surface area contributed by atoms with Crippen LogP contribution in [-0.2, 0) is 4.74 Å². The molecule has 0 spiro atoms. The topological polar surface area (TPSA) is 68.1 Å². The number of fused-ring (bicyclic) bond motifs is 1. The summed E-state index contributed by atoms with van der Waals surface area (Å²) in [5, 5.41) is 3.47. The van der Waals surface area contributed by atoms with Crippen LogP contribution in [0.5, 0.6) is 0 Å². The highest BCUT2D eigenvalue weighted by molar-refractivity contribution is 5.87. The van der Waals surface area contributed by atoms with Crippen molar-refractivity contribution in [2.75, 3.05) is 36.5 Å². The lowest BCUT2D eigenvalue weighted by Gasteiger charge is -2.28. The Labute approximate surface area is 181 Å². The zero-order chi connectivity index (χ0) is 21.2. The molecule has 7 heteroatoms. The van der Waals surface area contributed by atoms with Crippen LogP contribution < -0.4 is 10.2 Å². The van der Waals surface area contributed by atoms with E-state index in [4.69, 9.17) is 14.7 Å². The molecule has 3 heterocycles. The molecule has 7 nitrogen and oxygen atoms in total. The Hall–Kier alpha value is -3.45. The van der Waals surface area contributed by atoms with Crippen LogP contribution in [0.25, 0.3) is 22.6 Å². The van der Waals surface area contributed by atoms with E-state index in [-0.39, 0.29) is 6.04 Å². The summed E-state index contributed by atoms with van der Waals surface area (Å²) in [6.07, 6.45) is 1.84. The van der Waals surface area contributed by atoms with Gasteiger partial charge in [-0.3, -0.25) is 0 Å². The van der Waals surface area contributed by atoms with Gasteiger partial charge in [0.15, 0.2) is 22.8 Å². The van der Waals surface area contributed by atoms with Gasteiger partial charge in [-0.15, -0.1) is 0 Å². The first-order valence-corrected chi connectivity index (χ1v) is 10.7. The van der Waals surface area contributed by atoms with Crippen LogP contribution in [0.1, 0.15) is 19.9 Å². The van der Waals surface area contributed by atoms with E-state index in [9.17, 15) is 0 Å². The molecule has 1 fully saturated rings. The van der Waals surface area contributed by atoms with Crippen molar-refractivity contribution in [1.29, 1.82) is 0 Å². The second-order valence-electron chi connectivity index (χ2n) is 7.95. The minimum absolute atomic E-state index is 0.254. The number of aromatic nitrogens is 4. The highest BCUT2D eigenvalue weighted by atomic mass is 16.5. The third-order valence-electron chi connectivity index (χ3n) is 5.52. The second-order valence-corrected chi connectivity index (χ2v) is 7.95. The van der Waals surface area contributed by atoms with E-state index in [0.29, 0.717) is 11.6 Å². The number of anilines is 3. The lowest BCUT2D eigenvalue weighted by molar-refractivity contribution is 0.122. The SMILES string of the molecule is CC(C)n1cnc2c(Nc3ccc(N4CCOCC4)cc3)nc(-c3ccccc3)nc21. The summed E-state index contributed by atoms with van der Waals surface area (Å²) in [7, 11) is 0. The number of nitrogens with zero attached hydrogens (tertiary/aromatic N) is 5. The zero-order valence-electron chi connectivity index (χ0n) is 17.8. The molecule has 1 aliphatic heterocycles. The summed E-state index contributed by atoms with van der Waals surface area (Å²) in [6, 6.07) is 18.7. The van der Waals surface area contributed by atoms with Crippen LogP contribution in [0.4, 0.5) is 17.2 Å². The maximum absolute atomic E-state index is 5.45. The minimum atomic E-state index is 0.254. The molecule has 0 radical (unpaired) electrons. The summed E-state index contributed by atoms with van der Waals surface area (Å²) in [5.41, 5.74) is 4.75. The number of rotatable bonds is 5. The molecule has 4 aromatic rings. The maximum atomic E-state index is 5.45. The molecule has 31 heavy (non-hydrogen) atoms. The molecule has 2 aromatic carbocycles. The quantitative estimate of drug-likeness (QED) is 0.513. The molecule has 158 valence electrons. The monoisotopic (exact) mass is 414 g/mol. The van der Waals surface area contributed by atoms with E-state index >= 15 is 0 Å². The smallest absolute Gasteiger partial charge is 0.166 e. The van der Waals surface area contributed by atoms with Crippen molar-refractivity contribution in [2.45, 2.75) is 19.9 Å². The summed E-state index contributed by atoms with van der Waals surface area (Å²) >= 11 is 0. The Bertz CT molecular complexity index is 1160. The van der Waals surface area contributed by atoms with Crippen LogP contribution in [0, 0.1) is 0 Å². The van der Waals surface area contributed by atoms with Gasteiger partial charge in [0, 0.05) is 36.1 Å². The van der Waals surface area contributed by atoms with Crippen molar-refractivity contribution >= 4 is 28.4 Å². The van der Waals surface area contributed by atoms with E-state index in [2.05, 4.69) is 57.9 Å². The van der Waals surface area contributed by atoms with Crippen LogP contribution in [0.15, 0.2) is 60.9 Å². The molecule has 0 aliphatic carbocycles. The van der Waals surface area contributed by atoms with Gasteiger partial charge in [-0.1, -0.05) is 30.3 Å². The molecule has 1 aliphatic rings. The fourth-order valence-corrected chi connectivity index (χ4v) is 3.81. The predicted octanol–water partition coefficient (Wildman–Crippen LogP) is 4.65. The molecule has 0 atom stereocenters. The molecule has 0 saturated carbocycles. The van der Waals surface area contributed by atoms with Gasteiger partial charge in [-0.2, -0.15) is 0 Å². The van der Waals surface area contributed by atoms with Gasteiger partial charge in [0.05, 0.1) is 19.5 Å². The average Bonchev–Trinajstić information content (AvgIpc) is 3.25. The van der Waals surface area contributed by atoms with Crippen molar-refractivity contribution < 1.29 is 4.74 Å². The Morgan fingerprint density at radius 2 is 1.68 bits per heavy atom. The van der Waals surface area contributed by atoms with E-state index in [1.807, 2.05) is 36.7 Å². The summed E-state index contributed by atoms with van der Waals surface area (Å²) < 4.78 is 7.53. The fraction of sp³-hybridized carbons (Fsp3) is 0.292. The number of hydrogen-bond donors (Lipinski definition) is 1. The number of hydrogen-bond acceptors (Lipinski definition) is 6. The first kappa shape index (κ1) is 19.5. The first-order valence-electron chi connectivity index (χ1n) is 10.7. The molecule has 5 rings (SSSR count). The molecule has 0 bridgehead atoms. The standard InChI is InChI=1S/C24H26N6O/c1-17(2)30-16-25-21-23(27-22(28-24(21)30)18-6-4-3-5-7-18)26-19-8-10-20(11-9-19)29-12-14-31-15-13-29/h3-11,16-17H,12-15H2,1-2H3,(H,26,27,28). The summed E-state index contributed by atoms with van der Waals surface area (Å²) in [5.74, 6) is 1.39. The Morgan fingerprint density at radius 3 is 2.39 bits per heavy atom. The highest BCUT2D eigenvalue weighted by Crippen LogP contribution is 2.29. The molecular weight excluding hydrogens is 388 g/mol. The summed E-state index contributed by atoms with van der Waals surface area (Å²) in [6.45, 7) is 7.66. The Morgan fingerprint density at radius 1 is 0.935 bits per heavy atom. The second kappa shape index (κ2) is 8.35. The van der Waals surface area contributed by atoms with Gasteiger partial charge < -0.3 is 19.5 Å². The highest BCUT2D eigenvalue weighted by Gasteiger charge is 2.16. The van der Waals surface area contributed by atoms with E-state index in [1.54, 1.807) is 0 Å². The van der Waals surface area contributed by atoms with Gasteiger partial charge >= 0.3 is 0 Å². The number of imidazole rings is 1. The lowest BCUT2D eigenvalue weighted by Crippen LogP contribution is -2.36. The van der Waals surface area contributed by atoms with Gasteiger partial charge in [0.1, 0.15) is 0 Å². The van der Waals surface area contributed by atoms with Gasteiger partial charge in [0.25, 0.3) is 0 Å². The predicted molar refractivity (Wildman–Crippen MR) is 124 cm³/mol. The molecule has 1 saturated heterocycles. The van der Waals surface area contributed by atoms with Crippen LogP contribution in [0.3, 0.4) is 0 Å². The normalized spacial score (nSPS) is 14.4. The molecule has 1 N–H and O–H groups in total. The number of ether oxygens (including phenoxy) is 1. The largest absolute Gasteiger partial charge is 0.378 e. The van der Waals surface area contributed by atoms with Crippen LogP contribution >= 0.6 is 0 Å². The van der Waals surface area contributed by atoms with Crippen molar-refractivity contribution in [1.82, 2.24) is 19.5 Å². The van der Waals surface area contributed by atoms with Crippen molar-refractivity contribution in [3.8, 4) is 11.4 Å². The van der Waals surface area contributed by atoms with Crippen LogP contribution in [0.2, 0.25) is 0 Å². The van der Waals surface area contributed by atoms with Gasteiger partial charge in [-0.25, -0.2) is 15.0 Å². The van der Waals surface area contributed by atoms with Gasteiger partial charge in [0.2, 0.25) is 0 Å². The molecule has 0 amide bonds. The summed E-state index contributed by atoms with van der Waals surface area (Å²) in [4.78, 5) is 16.6. The first-order chi connectivity index (χ1) is 15.2. The minimum Gasteiger partial charge on any atom is -0.378 e. The van der Waals surface area contributed by atoms with Crippen molar-refractivity contribution in [3.63, 3.8) is 0 Å². The number of morpholine rings is 1.